The Kier molecular flexibility index (Phi) is 5.15. The van der Waals surface area contributed by atoms with Crippen LogP contribution in [0.15, 0.2) is 47.2 Å². The number of nitrogens with two attached hydrogens (primary N) is 1. The predicted octanol–water partition coefficient (Wildman–Crippen LogP) is 1.70. The maximum absolute atomic E-state index is 9.86. The van der Waals surface area contributed by atoms with Crippen LogP contribution in [0.1, 0.15) is 17.6 Å². The van der Waals surface area contributed by atoms with Gasteiger partial charge >= 0.3 is 0 Å². The first-order valence-electron chi connectivity index (χ1n) is 5.14. The zero-order chi connectivity index (χ0) is 11.4. The van der Waals surface area contributed by atoms with E-state index in [-0.39, 0.29) is 18.3 Å². The van der Waals surface area contributed by atoms with Gasteiger partial charge in [0, 0.05) is 6.04 Å². The van der Waals surface area contributed by atoms with Crippen molar-refractivity contribution in [2.75, 3.05) is 0 Å². The van der Waals surface area contributed by atoms with Gasteiger partial charge in [0.2, 0.25) is 5.89 Å². The van der Waals surface area contributed by atoms with Crippen LogP contribution < -0.4 is 5.73 Å². The van der Waals surface area contributed by atoms with Gasteiger partial charge < -0.3 is 15.3 Å². The highest BCUT2D eigenvalue weighted by molar-refractivity contribution is 5.85. The van der Waals surface area contributed by atoms with Crippen LogP contribution in [-0.2, 0) is 6.42 Å². The average molecular weight is 255 g/mol. The van der Waals surface area contributed by atoms with Gasteiger partial charge in [0.15, 0.2) is 0 Å². The van der Waals surface area contributed by atoms with E-state index >= 15 is 0 Å². The second-order valence-electron chi connectivity index (χ2n) is 3.67. The summed E-state index contributed by atoms with van der Waals surface area (Å²) in [4.78, 5) is 3.88. The summed E-state index contributed by atoms with van der Waals surface area (Å²) >= 11 is 0. The lowest BCUT2D eigenvalue weighted by Crippen LogP contribution is -2.30. The fraction of sp³-hybridized carbons (Fsp3) is 0.250. The molecule has 0 saturated carbocycles. The molecule has 0 bridgehead atoms. The van der Waals surface area contributed by atoms with Crippen molar-refractivity contribution >= 4 is 12.4 Å². The van der Waals surface area contributed by atoms with Crippen molar-refractivity contribution in [3.05, 3.63) is 54.2 Å². The Morgan fingerprint density at radius 3 is 2.59 bits per heavy atom. The molecule has 1 aromatic carbocycles. The fourth-order valence-electron chi connectivity index (χ4n) is 1.56. The van der Waals surface area contributed by atoms with Crippen molar-refractivity contribution in [2.45, 2.75) is 18.6 Å². The molecule has 2 atom stereocenters. The number of aromatic nitrogens is 1. The molecule has 1 aromatic heterocycles. The van der Waals surface area contributed by atoms with Crippen molar-refractivity contribution in [1.29, 1.82) is 0 Å². The number of aliphatic hydroxyl groups is 1. The highest BCUT2D eigenvalue weighted by Crippen LogP contribution is 2.16. The molecule has 0 saturated heterocycles. The lowest BCUT2D eigenvalue weighted by molar-refractivity contribution is 0.115. The molecule has 1 unspecified atom stereocenters. The summed E-state index contributed by atoms with van der Waals surface area (Å²) in [5.74, 6) is 0.267. The summed E-state index contributed by atoms with van der Waals surface area (Å²) in [5.41, 5.74) is 6.97. The van der Waals surface area contributed by atoms with E-state index in [0.717, 1.165) is 5.56 Å². The molecule has 0 amide bonds. The molecular weight excluding hydrogens is 240 g/mol. The van der Waals surface area contributed by atoms with Gasteiger partial charge in [-0.05, 0) is 12.0 Å². The summed E-state index contributed by atoms with van der Waals surface area (Å²) < 4.78 is 5.01. The smallest absolute Gasteiger partial charge is 0.224 e. The fourth-order valence-corrected chi connectivity index (χ4v) is 1.56. The minimum Gasteiger partial charge on any atom is -0.446 e. The molecule has 1 heterocycles. The Morgan fingerprint density at radius 1 is 1.29 bits per heavy atom. The highest BCUT2D eigenvalue weighted by atomic mass is 35.5. The topological polar surface area (TPSA) is 72.3 Å². The van der Waals surface area contributed by atoms with Gasteiger partial charge in [-0.15, -0.1) is 12.4 Å². The Balaban J connectivity index is 0.00000144. The molecule has 17 heavy (non-hydrogen) atoms. The molecule has 2 aromatic rings. The van der Waals surface area contributed by atoms with Crippen molar-refractivity contribution in [2.24, 2.45) is 5.73 Å². The van der Waals surface area contributed by atoms with Crippen LogP contribution >= 0.6 is 12.4 Å². The molecule has 0 aliphatic rings. The van der Waals surface area contributed by atoms with Crippen LogP contribution in [0.3, 0.4) is 0 Å². The summed E-state index contributed by atoms with van der Waals surface area (Å²) in [6, 6.07) is 9.37. The van der Waals surface area contributed by atoms with Crippen LogP contribution in [0.4, 0.5) is 0 Å². The van der Waals surface area contributed by atoms with Crippen LogP contribution in [0.25, 0.3) is 0 Å². The van der Waals surface area contributed by atoms with Gasteiger partial charge in [-0.1, -0.05) is 30.3 Å². The highest BCUT2D eigenvalue weighted by Gasteiger charge is 2.20. The number of nitrogens with zero attached hydrogens (tertiary/aromatic N) is 1. The van der Waals surface area contributed by atoms with E-state index in [0.29, 0.717) is 6.42 Å². The number of hydrogen-bond acceptors (Lipinski definition) is 4. The van der Waals surface area contributed by atoms with Gasteiger partial charge in [-0.25, -0.2) is 4.98 Å². The van der Waals surface area contributed by atoms with Crippen molar-refractivity contribution in [1.82, 2.24) is 4.98 Å². The summed E-state index contributed by atoms with van der Waals surface area (Å²) in [6.07, 6.45) is 2.64. The van der Waals surface area contributed by atoms with E-state index in [1.165, 1.54) is 12.5 Å². The minimum atomic E-state index is -0.866. The zero-order valence-electron chi connectivity index (χ0n) is 9.19. The zero-order valence-corrected chi connectivity index (χ0v) is 10.0. The number of benzene rings is 1. The first kappa shape index (κ1) is 13.7. The summed E-state index contributed by atoms with van der Waals surface area (Å²) in [5, 5.41) is 9.86. The van der Waals surface area contributed by atoms with Crippen LogP contribution in [-0.4, -0.2) is 16.1 Å². The van der Waals surface area contributed by atoms with Gasteiger partial charge in [-0.2, -0.15) is 0 Å². The molecular formula is C12H15ClN2O2. The van der Waals surface area contributed by atoms with Crippen LogP contribution in [0, 0.1) is 0 Å². The van der Waals surface area contributed by atoms with E-state index in [4.69, 9.17) is 10.2 Å². The molecule has 92 valence electrons. The van der Waals surface area contributed by atoms with Crippen molar-refractivity contribution in [3.63, 3.8) is 0 Å². The maximum atomic E-state index is 9.86. The molecule has 3 N–H and O–H groups in total. The van der Waals surface area contributed by atoms with Gasteiger partial charge in [0.25, 0.3) is 0 Å². The van der Waals surface area contributed by atoms with E-state index in [9.17, 15) is 5.11 Å². The van der Waals surface area contributed by atoms with Crippen molar-refractivity contribution in [3.8, 4) is 0 Å². The quantitative estimate of drug-likeness (QED) is 0.871. The first-order valence-corrected chi connectivity index (χ1v) is 5.14. The third-order valence-electron chi connectivity index (χ3n) is 2.42. The van der Waals surface area contributed by atoms with Crippen LogP contribution in [0.2, 0.25) is 0 Å². The molecule has 0 spiro atoms. The number of oxazole rings is 1. The third-order valence-corrected chi connectivity index (χ3v) is 2.42. The Bertz CT molecular complexity index is 419. The van der Waals surface area contributed by atoms with Crippen molar-refractivity contribution < 1.29 is 9.52 Å². The normalized spacial score (nSPS) is 13.8. The standard InChI is InChI=1S/C12H14N2O2.ClH/c13-10(8-9-4-2-1-3-5-9)11(15)12-14-6-7-16-12;/h1-7,10-11,15H,8,13H2;1H/t10-,11?;/m0./s1. The minimum absolute atomic E-state index is 0. The molecule has 0 aliphatic carbocycles. The van der Waals surface area contributed by atoms with E-state index < -0.39 is 12.1 Å². The lowest BCUT2D eigenvalue weighted by Gasteiger charge is -2.15. The van der Waals surface area contributed by atoms with Gasteiger partial charge in [0.1, 0.15) is 12.4 Å². The molecule has 2 rings (SSSR count). The van der Waals surface area contributed by atoms with E-state index in [1.54, 1.807) is 0 Å². The predicted molar refractivity (Wildman–Crippen MR) is 66.8 cm³/mol. The number of rotatable bonds is 4. The Labute approximate surface area is 106 Å². The molecule has 4 nitrogen and oxygen atoms in total. The number of halogens is 1. The monoisotopic (exact) mass is 254 g/mol. The maximum Gasteiger partial charge on any atom is 0.224 e. The average Bonchev–Trinajstić information content (AvgIpc) is 2.83. The summed E-state index contributed by atoms with van der Waals surface area (Å²) in [7, 11) is 0. The van der Waals surface area contributed by atoms with E-state index in [2.05, 4.69) is 4.98 Å². The number of aliphatic hydroxyl groups excluding tert-OH is 1. The summed E-state index contributed by atoms with van der Waals surface area (Å²) in [6.45, 7) is 0. The first-order chi connectivity index (χ1) is 7.77. The van der Waals surface area contributed by atoms with Gasteiger partial charge in [0.05, 0.1) is 6.20 Å². The van der Waals surface area contributed by atoms with Crippen LogP contribution in [0.5, 0.6) is 0 Å². The second kappa shape index (κ2) is 6.39. The van der Waals surface area contributed by atoms with E-state index in [1.807, 2.05) is 30.3 Å². The van der Waals surface area contributed by atoms with Gasteiger partial charge in [-0.3, -0.25) is 0 Å². The molecule has 5 heteroatoms. The largest absolute Gasteiger partial charge is 0.446 e. The lowest BCUT2D eigenvalue weighted by atomic mass is 10.0. The Morgan fingerprint density at radius 2 is 2.00 bits per heavy atom. The second-order valence-corrected chi connectivity index (χ2v) is 3.67. The third kappa shape index (κ3) is 3.56. The molecule has 0 radical (unpaired) electrons. The SMILES string of the molecule is Cl.N[C@@H](Cc1ccccc1)C(O)c1ncco1. The Hall–Kier alpha value is -1.36. The molecule has 0 aliphatic heterocycles. The molecule has 0 fully saturated rings. The number of hydrogen-bond donors (Lipinski definition) is 2.